The van der Waals surface area contributed by atoms with Crippen LogP contribution in [0.5, 0.6) is 5.75 Å². The number of para-hydroxylation sites is 2. The first-order valence-electron chi connectivity index (χ1n) is 11.2. The summed E-state index contributed by atoms with van der Waals surface area (Å²) < 4.78 is 12.8. The average molecular weight is 513 g/mol. The number of furan rings is 1. The van der Waals surface area contributed by atoms with Crippen molar-refractivity contribution in [3.05, 3.63) is 91.2 Å². The first kappa shape index (κ1) is 22.5. The fourth-order valence-corrected chi connectivity index (χ4v) is 5.92. The lowest BCUT2D eigenvalue weighted by Crippen LogP contribution is -2.30. The molecule has 9 heteroatoms. The van der Waals surface area contributed by atoms with E-state index in [4.69, 9.17) is 9.15 Å². The molecule has 3 aromatic carbocycles. The molecule has 0 unspecified atom stereocenters. The minimum absolute atomic E-state index is 0.0379. The minimum atomic E-state index is -0.0379. The highest BCUT2D eigenvalue weighted by molar-refractivity contribution is 8.00. The van der Waals surface area contributed by atoms with Crippen LogP contribution in [0.4, 0.5) is 11.4 Å². The Hall–Kier alpha value is -3.95. The zero-order valence-corrected chi connectivity index (χ0v) is 20.8. The highest BCUT2D eigenvalue weighted by Gasteiger charge is 2.28. The summed E-state index contributed by atoms with van der Waals surface area (Å²) in [7, 11) is 1.63. The Morgan fingerprint density at radius 1 is 0.917 bits per heavy atom. The second-order valence-corrected chi connectivity index (χ2v) is 9.90. The number of ether oxygens (including phenoxy) is 1. The number of hydrogen-bond acceptors (Lipinski definition) is 7. The summed E-state index contributed by atoms with van der Waals surface area (Å²) in [6, 6.07) is 27.2. The van der Waals surface area contributed by atoms with Gasteiger partial charge in [0.15, 0.2) is 10.9 Å². The van der Waals surface area contributed by atoms with Crippen molar-refractivity contribution in [2.45, 2.75) is 14.9 Å². The molecule has 1 amide bonds. The number of aromatic nitrogens is 3. The van der Waals surface area contributed by atoms with Crippen molar-refractivity contribution in [1.82, 2.24) is 14.8 Å². The number of amides is 1. The highest BCUT2D eigenvalue weighted by atomic mass is 32.2. The van der Waals surface area contributed by atoms with Crippen molar-refractivity contribution >= 4 is 40.8 Å². The van der Waals surface area contributed by atoms with E-state index < -0.39 is 0 Å². The SMILES string of the molecule is COc1ccc(-n2c(SCC(=O)N3c4ccccc4Sc4ccccc43)nnc2-c2ccco2)cc1. The molecule has 0 saturated heterocycles. The van der Waals surface area contributed by atoms with Gasteiger partial charge in [-0.05, 0) is 60.7 Å². The van der Waals surface area contributed by atoms with Gasteiger partial charge in [-0.2, -0.15) is 0 Å². The van der Waals surface area contributed by atoms with Gasteiger partial charge in [0.2, 0.25) is 11.7 Å². The summed E-state index contributed by atoms with van der Waals surface area (Å²) in [5, 5.41) is 9.38. The zero-order chi connectivity index (χ0) is 24.5. The third-order valence-corrected chi connectivity index (χ3v) is 7.76. The lowest BCUT2D eigenvalue weighted by molar-refractivity contribution is -0.115. The fraction of sp³-hybridized carbons (Fsp3) is 0.0741. The van der Waals surface area contributed by atoms with Crippen LogP contribution in [0, 0.1) is 0 Å². The maximum atomic E-state index is 13.7. The van der Waals surface area contributed by atoms with Crippen LogP contribution in [0.15, 0.2) is 111 Å². The Morgan fingerprint density at radius 2 is 1.61 bits per heavy atom. The topological polar surface area (TPSA) is 73.4 Å². The molecule has 1 aliphatic heterocycles. The number of carbonyl (C=O) groups excluding carboxylic acids is 1. The predicted octanol–water partition coefficient (Wildman–Crippen LogP) is 6.46. The molecule has 6 rings (SSSR count). The normalized spacial score (nSPS) is 12.2. The Morgan fingerprint density at radius 3 is 2.25 bits per heavy atom. The molecule has 0 fully saturated rings. The highest BCUT2D eigenvalue weighted by Crippen LogP contribution is 2.48. The van der Waals surface area contributed by atoms with Gasteiger partial charge in [-0.25, -0.2) is 0 Å². The van der Waals surface area contributed by atoms with Crippen LogP contribution in [0.2, 0.25) is 0 Å². The van der Waals surface area contributed by atoms with Gasteiger partial charge in [0, 0.05) is 9.79 Å². The molecule has 3 heterocycles. The number of rotatable bonds is 6. The third kappa shape index (κ3) is 4.06. The quantitative estimate of drug-likeness (QED) is 0.242. The van der Waals surface area contributed by atoms with E-state index in [0.717, 1.165) is 32.6 Å². The number of anilines is 2. The van der Waals surface area contributed by atoms with Crippen molar-refractivity contribution < 1.29 is 13.9 Å². The summed E-state index contributed by atoms with van der Waals surface area (Å²) in [5.74, 6) is 2.04. The Kier molecular flexibility index (Phi) is 6.00. The average Bonchev–Trinajstić information content (AvgIpc) is 3.60. The van der Waals surface area contributed by atoms with Crippen molar-refractivity contribution in [3.8, 4) is 23.0 Å². The summed E-state index contributed by atoms with van der Waals surface area (Å²) in [5.41, 5.74) is 2.62. The number of methoxy groups -OCH3 is 1. The van der Waals surface area contributed by atoms with E-state index in [2.05, 4.69) is 10.2 Å². The largest absolute Gasteiger partial charge is 0.497 e. The van der Waals surface area contributed by atoms with Gasteiger partial charge >= 0.3 is 0 Å². The number of hydrogen-bond donors (Lipinski definition) is 0. The lowest BCUT2D eigenvalue weighted by atomic mass is 10.2. The first-order chi connectivity index (χ1) is 17.7. The molecule has 5 aromatic rings. The maximum Gasteiger partial charge on any atom is 0.242 e. The number of nitrogens with zero attached hydrogens (tertiary/aromatic N) is 4. The lowest BCUT2D eigenvalue weighted by Gasteiger charge is -2.30. The van der Waals surface area contributed by atoms with Gasteiger partial charge in [0.25, 0.3) is 0 Å². The maximum absolute atomic E-state index is 13.7. The van der Waals surface area contributed by atoms with E-state index in [0.29, 0.717) is 16.7 Å². The molecule has 178 valence electrons. The van der Waals surface area contributed by atoms with E-state index in [1.807, 2.05) is 89.5 Å². The molecule has 0 radical (unpaired) electrons. The molecule has 0 aliphatic carbocycles. The molecule has 1 aliphatic rings. The van der Waals surface area contributed by atoms with Crippen LogP contribution >= 0.6 is 23.5 Å². The van der Waals surface area contributed by atoms with Gasteiger partial charge < -0.3 is 9.15 Å². The second-order valence-electron chi connectivity index (χ2n) is 7.87. The molecule has 0 bridgehead atoms. The van der Waals surface area contributed by atoms with Gasteiger partial charge in [-0.15, -0.1) is 10.2 Å². The first-order valence-corrected chi connectivity index (χ1v) is 13.0. The number of carbonyl (C=O) groups is 1. The van der Waals surface area contributed by atoms with Crippen LogP contribution in [0.3, 0.4) is 0 Å². The Bertz CT molecular complexity index is 1490. The van der Waals surface area contributed by atoms with Crippen LogP contribution in [-0.2, 0) is 4.79 Å². The molecule has 2 aromatic heterocycles. The van der Waals surface area contributed by atoms with Crippen molar-refractivity contribution in [1.29, 1.82) is 0 Å². The third-order valence-electron chi connectivity index (χ3n) is 5.71. The Balaban J connectivity index is 1.33. The van der Waals surface area contributed by atoms with Gasteiger partial charge in [-0.3, -0.25) is 14.3 Å². The molecular formula is C27H20N4O3S2. The molecule has 36 heavy (non-hydrogen) atoms. The number of fused-ring (bicyclic) bond motifs is 2. The van der Waals surface area contributed by atoms with E-state index in [9.17, 15) is 4.79 Å². The van der Waals surface area contributed by atoms with E-state index in [1.165, 1.54) is 11.8 Å². The molecule has 0 atom stereocenters. The van der Waals surface area contributed by atoms with Crippen molar-refractivity contribution in [2.24, 2.45) is 0 Å². The summed E-state index contributed by atoms with van der Waals surface area (Å²) >= 11 is 3.01. The van der Waals surface area contributed by atoms with E-state index in [-0.39, 0.29) is 11.7 Å². The van der Waals surface area contributed by atoms with Crippen LogP contribution in [0.25, 0.3) is 17.3 Å². The van der Waals surface area contributed by atoms with Crippen molar-refractivity contribution in [2.75, 3.05) is 17.8 Å². The molecule has 0 saturated carbocycles. The smallest absolute Gasteiger partial charge is 0.242 e. The van der Waals surface area contributed by atoms with E-state index in [1.54, 1.807) is 30.0 Å². The van der Waals surface area contributed by atoms with Gasteiger partial charge in [0.1, 0.15) is 5.75 Å². The van der Waals surface area contributed by atoms with Crippen molar-refractivity contribution in [3.63, 3.8) is 0 Å². The Labute approximate surface area is 216 Å². The number of thioether (sulfide) groups is 1. The van der Waals surface area contributed by atoms with E-state index >= 15 is 0 Å². The van der Waals surface area contributed by atoms with Crippen LogP contribution in [0.1, 0.15) is 0 Å². The van der Waals surface area contributed by atoms with Crippen LogP contribution in [-0.4, -0.2) is 33.5 Å². The molecule has 7 nitrogen and oxygen atoms in total. The predicted molar refractivity (Wildman–Crippen MR) is 140 cm³/mol. The summed E-state index contributed by atoms with van der Waals surface area (Å²) in [6.07, 6.45) is 1.60. The fourth-order valence-electron chi connectivity index (χ4n) is 4.06. The monoisotopic (exact) mass is 512 g/mol. The molecule has 0 spiro atoms. The molecule has 0 N–H and O–H groups in total. The number of benzene rings is 3. The summed E-state index contributed by atoms with van der Waals surface area (Å²) in [6.45, 7) is 0. The zero-order valence-electron chi connectivity index (χ0n) is 19.2. The van der Waals surface area contributed by atoms with Gasteiger partial charge in [0.05, 0.1) is 36.2 Å². The van der Waals surface area contributed by atoms with Crippen LogP contribution < -0.4 is 9.64 Å². The summed E-state index contributed by atoms with van der Waals surface area (Å²) in [4.78, 5) is 17.6. The molecular weight excluding hydrogens is 492 g/mol. The van der Waals surface area contributed by atoms with Gasteiger partial charge in [-0.1, -0.05) is 47.8 Å². The minimum Gasteiger partial charge on any atom is -0.497 e. The standard InChI is InChI=1S/C27H20N4O3S2/c1-33-19-14-12-18(13-15-19)30-26(22-9-6-16-34-22)28-29-27(30)35-17-25(32)31-20-7-2-4-10-23(20)36-24-11-5-3-8-21(24)31/h2-16H,17H2,1H3. The second kappa shape index (κ2) is 9.60.